The Kier molecular flexibility index (Phi) is 3.51. The highest BCUT2D eigenvalue weighted by molar-refractivity contribution is 7.00. The molecule has 2 aromatic rings. The van der Waals surface area contributed by atoms with Gasteiger partial charge in [0.15, 0.2) is 0 Å². The smallest absolute Gasteiger partial charge is 0.261 e. The van der Waals surface area contributed by atoms with E-state index in [1.807, 2.05) is 12.1 Å². The van der Waals surface area contributed by atoms with Crippen molar-refractivity contribution in [3.8, 4) is 0 Å². The van der Waals surface area contributed by atoms with Crippen LogP contribution in [-0.2, 0) is 0 Å². The van der Waals surface area contributed by atoms with Crippen molar-refractivity contribution >= 4 is 42.1 Å². The largest absolute Gasteiger partial charge is 0.277 e. The van der Waals surface area contributed by atoms with Gasteiger partial charge in [-0.05, 0) is 24.3 Å². The Balaban J connectivity index is 1.80. The monoisotopic (exact) mass is 378 g/mol. The number of carbonyl (C=O) groups excluding carboxylic acids is 4. The molecule has 2 aliphatic heterocycles. The minimum Gasteiger partial charge on any atom is -0.277 e. The second-order valence-corrected chi connectivity index (χ2v) is 11.9. The molecule has 2 heterocycles. The highest BCUT2D eigenvalue weighted by Crippen LogP contribution is 2.23. The van der Waals surface area contributed by atoms with Gasteiger partial charge in [0.25, 0.3) is 23.6 Å². The van der Waals surface area contributed by atoms with Gasteiger partial charge in [-0.25, -0.2) is 0 Å². The second-order valence-electron chi connectivity index (χ2n) is 7.48. The molecule has 27 heavy (non-hydrogen) atoms. The second kappa shape index (κ2) is 5.47. The summed E-state index contributed by atoms with van der Waals surface area (Å²) in [5, 5.41) is 1.98. The zero-order chi connectivity index (χ0) is 19.7. The maximum Gasteiger partial charge on any atom is 0.261 e. The lowest BCUT2D eigenvalue weighted by atomic mass is 10.1. The van der Waals surface area contributed by atoms with Crippen LogP contribution in [0, 0.1) is 0 Å². The molecular weight excluding hydrogens is 360 g/mol. The average molecular weight is 378 g/mol. The summed E-state index contributed by atoms with van der Waals surface area (Å²) >= 11 is 0. The van der Waals surface area contributed by atoms with Crippen molar-refractivity contribution in [3.05, 3.63) is 58.7 Å². The number of benzene rings is 2. The fourth-order valence-electron chi connectivity index (χ4n) is 3.67. The molecule has 7 heteroatoms. The third kappa shape index (κ3) is 2.24. The Hall–Kier alpha value is -3.06. The molecular formula is C20H18N2O4Si. The van der Waals surface area contributed by atoms with Crippen LogP contribution in [0.2, 0.25) is 13.1 Å². The van der Waals surface area contributed by atoms with E-state index in [-0.39, 0.29) is 23.6 Å². The number of hydrogen-bond donors (Lipinski definition) is 0. The molecule has 0 aliphatic carbocycles. The highest BCUT2D eigenvalue weighted by atomic mass is 28.3. The van der Waals surface area contributed by atoms with E-state index < -0.39 is 8.07 Å². The number of carbonyl (C=O) groups is 4. The summed E-state index contributed by atoms with van der Waals surface area (Å²) in [7, 11) is 0.705. The van der Waals surface area contributed by atoms with Gasteiger partial charge in [-0.1, -0.05) is 35.6 Å². The van der Waals surface area contributed by atoms with Crippen LogP contribution in [0.3, 0.4) is 0 Å². The summed E-state index contributed by atoms with van der Waals surface area (Å²) in [4.78, 5) is 51.1. The van der Waals surface area contributed by atoms with Crippen LogP contribution in [0.25, 0.3) is 0 Å². The van der Waals surface area contributed by atoms with Crippen LogP contribution in [0.4, 0.5) is 0 Å². The summed E-state index contributed by atoms with van der Waals surface area (Å²) in [6, 6.07) is 10.8. The van der Waals surface area contributed by atoms with Crippen molar-refractivity contribution in [1.82, 2.24) is 9.80 Å². The maximum atomic E-state index is 12.3. The molecule has 0 radical (unpaired) electrons. The molecule has 0 atom stereocenters. The minimum atomic E-state index is -2.25. The van der Waals surface area contributed by atoms with E-state index in [4.69, 9.17) is 0 Å². The van der Waals surface area contributed by atoms with Gasteiger partial charge in [-0.3, -0.25) is 29.0 Å². The van der Waals surface area contributed by atoms with Gasteiger partial charge >= 0.3 is 0 Å². The van der Waals surface area contributed by atoms with E-state index in [2.05, 4.69) is 13.1 Å². The van der Waals surface area contributed by atoms with Crippen molar-refractivity contribution in [3.63, 3.8) is 0 Å². The van der Waals surface area contributed by atoms with Crippen LogP contribution in [0.1, 0.15) is 41.4 Å². The van der Waals surface area contributed by atoms with Gasteiger partial charge in [0, 0.05) is 14.1 Å². The first-order chi connectivity index (χ1) is 12.6. The fourth-order valence-corrected chi connectivity index (χ4v) is 6.01. The number of amides is 4. The Morgan fingerprint density at radius 2 is 0.926 bits per heavy atom. The third-order valence-corrected chi connectivity index (χ3v) is 9.13. The van der Waals surface area contributed by atoms with Crippen molar-refractivity contribution in [2.45, 2.75) is 13.1 Å². The van der Waals surface area contributed by atoms with E-state index in [9.17, 15) is 19.2 Å². The van der Waals surface area contributed by atoms with E-state index in [0.717, 1.165) is 20.2 Å². The Labute approximate surface area is 157 Å². The van der Waals surface area contributed by atoms with Crippen LogP contribution < -0.4 is 10.4 Å². The number of fused-ring (bicyclic) bond motifs is 2. The van der Waals surface area contributed by atoms with Gasteiger partial charge in [-0.15, -0.1) is 0 Å². The zero-order valence-electron chi connectivity index (χ0n) is 15.5. The standard InChI is InChI=1S/C20H18N2O4Si/c1-21-17(23)13-7-5-11(9-15(13)19(21)25)27(3,4)12-6-8-14-16(10-12)20(26)22(2)18(14)24/h5-10H,1-4H3. The average Bonchev–Trinajstić information content (AvgIpc) is 3.02. The van der Waals surface area contributed by atoms with Crippen LogP contribution in [0.5, 0.6) is 0 Å². The number of rotatable bonds is 2. The van der Waals surface area contributed by atoms with E-state index >= 15 is 0 Å². The molecule has 2 aliphatic rings. The van der Waals surface area contributed by atoms with Gasteiger partial charge in [-0.2, -0.15) is 0 Å². The van der Waals surface area contributed by atoms with E-state index in [1.54, 1.807) is 24.3 Å². The summed E-state index contributed by atoms with van der Waals surface area (Å²) in [5.74, 6) is -1.16. The predicted octanol–water partition coefficient (Wildman–Crippen LogP) is 0.961. The molecule has 0 saturated heterocycles. The lowest BCUT2D eigenvalue weighted by molar-refractivity contribution is 0.0678. The highest BCUT2D eigenvalue weighted by Gasteiger charge is 2.37. The first-order valence-corrected chi connectivity index (χ1v) is 11.6. The molecule has 2 aromatic carbocycles. The van der Waals surface area contributed by atoms with Gasteiger partial charge in [0.05, 0.1) is 22.3 Å². The third-order valence-electron chi connectivity index (χ3n) is 5.62. The summed E-state index contributed by atoms with van der Waals surface area (Å²) in [5.41, 5.74) is 1.69. The molecule has 4 rings (SSSR count). The lowest BCUT2D eigenvalue weighted by Crippen LogP contribution is -2.53. The maximum absolute atomic E-state index is 12.3. The van der Waals surface area contributed by atoms with Crippen molar-refractivity contribution in [2.24, 2.45) is 0 Å². The van der Waals surface area contributed by atoms with Crippen molar-refractivity contribution < 1.29 is 19.2 Å². The number of imide groups is 2. The lowest BCUT2D eigenvalue weighted by Gasteiger charge is -2.24. The minimum absolute atomic E-state index is 0.286. The zero-order valence-corrected chi connectivity index (χ0v) is 16.5. The SMILES string of the molecule is CN1C(=O)c2ccc([Si](C)(C)c3ccc4c(c3)C(=O)N(C)C4=O)cc2C1=O. The van der Waals surface area contributed by atoms with E-state index in [0.29, 0.717) is 22.3 Å². The molecule has 0 spiro atoms. The van der Waals surface area contributed by atoms with Gasteiger partial charge < -0.3 is 0 Å². The molecule has 0 aromatic heterocycles. The Morgan fingerprint density at radius 1 is 0.593 bits per heavy atom. The van der Waals surface area contributed by atoms with Gasteiger partial charge in [0.1, 0.15) is 8.07 Å². The topological polar surface area (TPSA) is 74.8 Å². The molecule has 6 nitrogen and oxygen atoms in total. The van der Waals surface area contributed by atoms with Crippen LogP contribution >= 0.6 is 0 Å². The predicted molar refractivity (Wildman–Crippen MR) is 102 cm³/mol. The first-order valence-electron chi connectivity index (χ1n) is 8.58. The molecule has 0 saturated carbocycles. The molecule has 0 fully saturated rings. The summed E-state index contributed by atoms with van der Waals surface area (Å²) in [6.45, 7) is 4.23. The number of hydrogen-bond acceptors (Lipinski definition) is 4. The molecule has 0 N–H and O–H groups in total. The summed E-state index contributed by atoms with van der Waals surface area (Å²) < 4.78 is 0. The van der Waals surface area contributed by atoms with Crippen LogP contribution in [-0.4, -0.2) is 55.6 Å². The first kappa shape index (κ1) is 17.4. The quantitative estimate of drug-likeness (QED) is 0.576. The Bertz CT molecular complexity index is 990. The molecule has 0 bridgehead atoms. The molecule has 0 unspecified atom stereocenters. The number of nitrogens with zero attached hydrogens (tertiary/aromatic N) is 2. The molecule has 4 amide bonds. The van der Waals surface area contributed by atoms with E-state index in [1.165, 1.54) is 14.1 Å². The Morgan fingerprint density at radius 3 is 1.30 bits per heavy atom. The fraction of sp³-hybridized carbons (Fsp3) is 0.200. The van der Waals surface area contributed by atoms with Gasteiger partial charge in [0.2, 0.25) is 0 Å². The normalized spacial score (nSPS) is 16.3. The van der Waals surface area contributed by atoms with Crippen LogP contribution in [0.15, 0.2) is 36.4 Å². The summed E-state index contributed by atoms with van der Waals surface area (Å²) in [6.07, 6.45) is 0. The van der Waals surface area contributed by atoms with Crippen molar-refractivity contribution in [1.29, 1.82) is 0 Å². The van der Waals surface area contributed by atoms with Crippen molar-refractivity contribution in [2.75, 3.05) is 14.1 Å². The molecule has 136 valence electrons.